The highest BCUT2D eigenvalue weighted by Crippen LogP contribution is 2.16. The van der Waals surface area contributed by atoms with Gasteiger partial charge in [0, 0.05) is 27.2 Å². The van der Waals surface area contributed by atoms with Crippen LogP contribution in [0.15, 0.2) is 23.0 Å². The van der Waals surface area contributed by atoms with Crippen LogP contribution in [-0.4, -0.2) is 4.98 Å². The Labute approximate surface area is 92.9 Å². The summed E-state index contributed by atoms with van der Waals surface area (Å²) in [7, 11) is 0. The Kier molecular flexibility index (Phi) is 2.53. The molecule has 1 aromatic heterocycles. The monoisotopic (exact) mass is 221 g/mol. The summed E-state index contributed by atoms with van der Waals surface area (Å²) < 4.78 is 0. The van der Waals surface area contributed by atoms with E-state index in [1.165, 1.54) is 0 Å². The number of benzene rings is 1. The summed E-state index contributed by atoms with van der Waals surface area (Å²) in [5.41, 5.74) is 2.72. The number of rotatable bonds is 1. The summed E-state index contributed by atoms with van der Waals surface area (Å²) in [4.78, 5) is 15.3. The molecular formula is C12H12ClNO. The van der Waals surface area contributed by atoms with Crippen LogP contribution in [0.5, 0.6) is 0 Å². The standard InChI is InChI=1S/C12H12ClNO/c1-3-9-7(2)14-11-5-4-8(13)6-10(11)12(9)15/h4-6H,3H2,1-2H3,(H,14,15). The van der Waals surface area contributed by atoms with Gasteiger partial charge < -0.3 is 4.98 Å². The Balaban J connectivity index is 2.92. The van der Waals surface area contributed by atoms with Crippen molar-refractivity contribution in [3.63, 3.8) is 0 Å². The number of fused-ring (bicyclic) bond motifs is 1. The highest BCUT2D eigenvalue weighted by molar-refractivity contribution is 6.31. The van der Waals surface area contributed by atoms with E-state index in [-0.39, 0.29) is 5.43 Å². The minimum atomic E-state index is 0.0891. The largest absolute Gasteiger partial charge is 0.358 e. The molecule has 0 saturated heterocycles. The molecule has 78 valence electrons. The van der Waals surface area contributed by atoms with E-state index < -0.39 is 0 Å². The molecule has 0 saturated carbocycles. The molecule has 0 atom stereocenters. The topological polar surface area (TPSA) is 32.9 Å². The van der Waals surface area contributed by atoms with Gasteiger partial charge in [-0.25, -0.2) is 0 Å². The number of aryl methyl sites for hydroxylation is 1. The SMILES string of the molecule is CCc1c(C)[nH]c2ccc(Cl)cc2c1=O. The Morgan fingerprint density at radius 3 is 2.80 bits per heavy atom. The third-order valence-corrected chi connectivity index (χ3v) is 2.86. The van der Waals surface area contributed by atoms with Gasteiger partial charge in [0.2, 0.25) is 0 Å². The zero-order chi connectivity index (χ0) is 11.0. The van der Waals surface area contributed by atoms with Crippen LogP contribution in [0.1, 0.15) is 18.2 Å². The van der Waals surface area contributed by atoms with Gasteiger partial charge in [0.1, 0.15) is 0 Å². The molecule has 2 rings (SSSR count). The van der Waals surface area contributed by atoms with Crippen LogP contribution >= 0.6 is 11.6 Å². The molecule has 2 nitrogen and oxygen atoms in total. The van der Waals surface area contributed by atoms with Crippen LogP contribution in [0, 0.1) is 6.92 Å². The summed E-state index contributed by atoms with van der Waals surface area (Å²) in [5.74, 6) is 0. The smallest absolute Gasteiger partial charge is 0.192 e. The molecule has 0 aliphatic carbocycles. The number of halogens is 1. The van der Waals surface area contributed by atoms with E-state index in [0.29, 0.717) is 10.4 Å². The zero-order valence-corrected chi connectivity index (χ0v) is 9.48. The van der Waals surface area contributed by atoms with Crippen LogP contribution < -0.4 is 5.43 Å². The molecule has 1 N–H and O–H groups in total. The highest BCUT2D eigenvalue weighted by atomic mass is 35.5. The number of aromatic nitrogens is 1. The van der Waals surface area contributed by atoms with Crippen molar-refractivity contribution >= 4 is 22.5 Å². The van der Waals surface area contributed by atoms with Crippen molar-refractivity contribution < 1.29 is 0 Å². The van der Waals surface area contributed by atoms with Gasteiger partial charge in [0.05, 0.1) is 0 Å². The second-order valence-corrected chi connectivity index (χ2v) is 4.04. The first-order valence-corrected chi connectivity index (χ1v) is 5.32. The number of pyridine rings is 1. The first kappa shape index (κ1) is 10.2. The van der Waals surface area contributed by atoms with Crippen LogP contribution in [0.3, 0.4) is 0 Å². The zero-order valence-electron chi connectivity index (χ0n) is 8.73. The van der Waals surface area contributed by atoms with Gasteiger partial charge in [-0.05, 0) is 31.5 Å². The molecule has 3 heteroatoms. The maximum absolute atomic E-state index is 12.1. The maximum atomic E-state index is 12.1. The summed E-state index contributed by atoms with van der Waals surface area (Å²) in [6.07, 6.45) is 0.740. The van der Waals surface area contributed by atoms with E-state index in [9.17, 15) is 4.79 Å². The number of hydrogen-bond acceptors (Lipinski definition) is 1. The molecule has 0 fully saturated rings. The molecule has 0 amide bonds. The first-order valence-electron chi connectivity index (χ1n) is 4.94. The number of H-pyrrole nitrogens is 1. The molecule has 0 unspecified atom stereocenters. The first-order chi connectivity index (χ1) is 7.13. The van der Waals surface area contributed by atoms with E-state index in [2.05, 4.69) is 4.98 Å². The van der Waals surface area contributed by atoms with Crippen molar-refractivity contribution in [3.8, 4) is 0 Å². The second kappa shape index (κ2) is 3.70. The van der Waals surface area contributed by atoms with Gasteiger partial charge in [-0.15, -0.1) is 0 Å². The van der Waals surface area contributed by atoms with E-state index in [1.54, 1.807) is 12.1 Å². The number of aromatic amines is 1. The number of hydrogen-bond donors (Lipinski definition) is 1. The van der Waals surface area contributed by atoms with Crippen molar-refractivity contribution in [2.24, 2.45) is 0 Å². The van der Waals surface area contributed by atoms with Crippen molar-refractivity contribution in [2.45, 2.75) is 20.3 Å². The lowest BCUT2D eigenvalue weighted by atomic mass is 10.1. The fraction of sp³-hybridized carbons (Fsp3) is 0.250. The second-order valence-electron chi connectivity index (χ2n) is 3.60. The summed E-state index contributed by atoms with van der Waals surface area (Å²) in [5, 5.41) is 1.27. The summed E-state index contributed by atoms with van der Waals surface area (Å²) in [6.45, 7) is 3.90. The fourth-order valence-corrected chi connectivity index (χ4v) is 2.02. The van der Waals surface area contributed by atoms with Gasteiger partial charge in [0.25, 0.3) is 0 Å². The Bertz CT molecular complexity index is 572. The van der Waals surface area contributed by atoms with Crippen molar-refractivity contribution in [1.29, 1.82) is 0 Å². The third-order valence-electron chi connectivity index (χ3n) is 2.63. The lowest BCUT2D eigenvalue weighted by Crippen LogP contribution is -2.12. The van der Waals surface area contributed by atoms with Crippen molar-refractivity contribution in [1.82, 2.24) is 4.98 Å². The highest BCUT2D eigenvalue weighted by Gasteiger charge is 2.07. The average Bonchev–Trinajstić information content (AvgIpc) is 2.20. The van der Waals surface area contributed by atoms with Gasteiger partial charge >= 0.3 is 0 Å². The minimum Gasteiger partial charge on any atom is -0.358 e. The van der Waals surface area contributed by atoms with Crippen LogP contribution in [0.4, 0.5) is 0 Å². The number of nitrogens with one attached hydrogen (secondary N) is 1. The lowest BCUT2D eigenvalue weighted by Gasteiger charge is -2.05. The molecule has 0 bridgehead atoms. The molecule has 0 aliphatic heterocycles. The van der Waals surface area contributed by atoms with Crippen molar-refractivity contribution in [3.05, 3.63) is 44.7 Å². The van der Waals surface area contributed by atoms with E-state index in [4.69, 9.17) is 11.6 Å². The maximum Gasteiger partial charge on any atom is 0.192 e. The summed E-state index contributed by atoms with van der Waals surface area (Å²) in [6, 6.07) is 5.34. The Morgan fingerprint density at radius 2 is 2.13 bits per heavy atom. The van der Waals surface area contributed by atoms with Gasteiger partial charge in [0.15, 0.2) is 5.43 Å². The van der Waals surface area contributed by atoms with Crippen LogP contribution in [0.2, 0.25) is 5.02 Å². The molecule has 15 heavy (non-hydrogen) atoms. The predicted molar refractivity (Wildman–Crippen MR) is 63.7 cm³/mol. The Morgan fingerprint density at radius 1 is 1.40 bits per heavy atom. The minimum absolute atomic E-state index is 0.0891. The molecule has 0 radical (unpaired) electrons. The Hall–Kier alpha value is -1.28. The quantitative estimate of drug-likeness (QED) is 0.789. The molecular weight excluding hydrogens is 210 g/mol. The van der Waals surface area contributed by atoms with E-state index in [1.807, 2.05) is 19.9 Å². The molecule has 2 aromatic rings. The predicted octanol–water partition coefficient (Wildman–Crippen LogP) is 3.05. The van der Waals surface area contributed by atoms with Gasteiger partial charge in [-0.1, -0.05) is 18.5 Å². The fourth-order valence-electron chi connectivity index (χ4n) is 1.85. The molecule has 0 aliphatic rings. The van der Waals surface area contributed by atoms with Crippen LogP contribution in [0.25, 0.3) is 10.9 Å². The third kappa shape index (κ3) is 1.65. The van der Waals surface area contributed by atoms with Gasteiger partial charge in [-0.3, -0.25) is 4.79 Å². The molecule has 1 aromatic carbocycles. The molecule has 1 heterocycles. The normalized spacial score (nSPS) is 10.9. The lowest BCUT2D eigenvalue weighted by molar-refractivity contribution is 1.05. The van der Waals surface area contributed by atoms with E-state index >= 15 is 0 Å². The van der Waals surface area contributed by atoms with E-state index in [0.717, 1.165) is 23.2 Å². The summed E-state index contributed by atoms with van der Waals surface area (Å²) >= 11 is 5.87. The average molecular weight is 222 g/mol. The van der Waals surface area contributed by atoms with Crippen molar-refractivity contribution in [2.75, 3.05) is 0 Å². The molecule has 0 spiro atoms. The van der Waals surface area contributed by atoms with Gasteiger partial charge in [-0.2, -0.15) is 0 Å². The van der Waals surface area contributed by atoms with Crippen LogP contribution in [-0.2, 0) is 6.42 Å².